The van der Waals surface area contributed by atoms with Gasteiger partial charge in [0.1, 0.15) is 5.60 Å². The summed E-state index contributed by atoms with van der Waals surface area (Å²) < 4.78 is 5.19. The van der Waals surface area contributed by atoms with E-state index in [1.807, 2.05) is 0 Å². The lowest BCUT2D eigenvalue weighted by Crippen LogP contribution is -2.72. The Labute approximate surface area is 117 Å². The van der Waals surface area contributed by atoms with Crippen molar-refractivity contribution in [2.24, 2.45) is 5.73 Å². The van der Waals surface area contributed by atoms with E-state index in [1.54, 1.807) is 20.8 Å². The van der Waals surface area contributed by atoms with Gasteiger partial charge in [-0.25, -0.2) is 4.79 Å². The number of carboxylic acid groups (broad SMARTS) is 1. The van der Waals surface area contributed by atoms with Crippen molar-refractivity contribution in [2.45, 2.75) is 38.3 Å². The maximum atomic E-state index is 11.8. The van der Waals surface area contributed by atoms with Crippen LogP contribution in [-0.2, 0) is 14.3 Å². The quantitative estimate of drug-likeness (QED) is 0.628. The molecule has 0 aromatic heterocycles. The number of carbonyl (C=O) groups is 3. The van der Waals surface area contributed by atoms with Gasteiger partial charge in [-0.2, -0.15) is 0 Å². The predicted molar refractivity (Wildman–Crippen MR) is 70.0 cm³/mol. The average Bonchev–Trinajstić information content (AvgIpc) is 2.17. The zero-order valence-electron chi connectivity index (χ0n) is 11.9. The number of rotatable bonds is 5. The van der Waals surface area contributed by atoms with Crippen molar-refractivity contribution in [3.8, 4) is 0 Å². The Morgan fingerprint density at radius 3 is 2.30 bits per heavy atom. The lowest BCUT2D eigenvalue weighted by atomic mass is 9.86. The number of hydrogen-bond acceptors (Lipinski definition) is 5. The molecule has 2 amide bonds. The van der Waals surface area contributed by atoms with Crippen LogP contribution in [0.1, 0.15) is 27.2 Å². The summed E-state index contributed by atoms with van der Waals surface area (Å²) in [5.74, 6) is -1.59. The van der Waals surface area contributed by atoms with Gasteiger partial charge in [0.15, 0.2) is 0 Å². The van der Waals surface area contributed by atoms with Gasteiger partial charge in [0.25, 0.3) is 0 Å². The molecule has 1 fully saturated rings. The van der Waals surface area contributed by atoms with Crippen LogP contribution in [0.25, 0.3) is 0 Å². The minimum atomic E-state index is -1.01. The lowest BCUT2D eigenvalue weighted by molar-refractivity contribution is -0.141. The minimum absolute atomic E-state index is 0.130. The second-order valence-corrected chi connectivity index (χ2v) is 6.01. The summed E-state index contributed by atoms with van der Waals surface area (Å²) in [5, 5.41) is 11.7. The van der Waals surface area contributed by atoms with E-state index in [4.69, 9.17) is 15.6 Å². The first-order valence-electron chi connectivity index (χ1n) is 6.26. The Morgan fingerprint density at radius 2 is 1.90 bits per heavy atom. The van der Waals surface area contributed by atoms with Crippen molar-refractivity contribution in [3.05, 3.63) is 0 Å². The largest absolute Gasteiger partial charge is 0.481 e. The van der Waals surface area contributed by atoms with Gasteiger partial charge in [0.05, 0.1) is 18.5 Å². The van der Waals surface area contributed by atoms with Gasteiger partial charge < -0.3 is 20.5 Å². The second kappa shape index (κ2) is 5.66. The number of nitrogens with one attached hydrogen (secondary N) is 1. The first-order valence-corrected chi connectivity index (χ1v) is 6.26. The highest BCUT2D eigenvalue weighted by Crippen LogP contribution is 2.26. The monoisotopic (exact) mass is 287 g/mol. The number of hydrogen-bond donors (Lipinski definition) is 3. The zero-order chi connectivity index (χ0) is 15.6. The van der Waals surface area contributed by atoms with Crippen LogP contribution in [0.5, 0.6) is 0 Å². The van der Waals surface area contributed by atoms with Gasteiger partial charge in [0, 0.05) is 13.1 Å². The first-order chi connectivity index (χ1) is 9.03. The SMILES string of the molecule is CC(C)(C)OC(=O)N1CC(CC(=O)O)(NCC(N)=O)C1. The fraction of sp³-hybridized carbons (Fsp3) is 0.750. The molecule has 114 valence electrons. The van der Waals surface area contributed by atoms with E-state index in [0.717, 1.165) is 0 Å². The fourth-order valence-corrected chi connectivity index (χ4v) is 1.99. The van der Waals surface area contributed by atoms with Crippen molar-refractivity contribution in [1.29, 1.82) is 0 Å². The lowest BCUT2D eigenvalue weighted by Gasteiger charge is -2.49. The van der Waals surface area contributed by atoms with Crippen LogP contribution < -0.4 is 11.1 Å². The molecule has 0 atom stereocenters. The molecule has 0 saturated carbocycles. The summed E-state index contributed by atoms with van der Waals surface area (Å²) in [6.45, 7) is 5.46. The highest BCUT2D eigenvalue weighted by Gasteiger charge is 2.47. The Kier molecular flexibility index (Phi) is 4.59. The van der Waals surface area contributed by atoms with Gasteiger partial charge in [-0.1, -0.05) is 0 Å². The molecule has 0 aliphatic carbocycles. The maximum Gasteiger partial charge on any atom is 0.410 e. The van der Waals surface area contributed by atoms with Gasteiger partial charge in [-0.3, -0.25) is 14.9 Å². The summed E-state index contributed by atoms with van der Waals surface area (Å²) in [7, 11) is 0. The Balaban J connectivity index is 2.58. The van der Waals surface area contributed by atoms with Crippen LogP contribution in [-0.4, -0.2) is 58.8 Å². The van der Waals surface area contributed by atoms with Crippen molar-refractivity contribution in [3.63, 3.8) is 0 Å². The van der Waals surface area contributed by atoms with E-state index >= 15 is 0 Å². The molecule has 1 heterocycles. The minimum Gasteiger partial charge on any atom is -0.481 e. The first kappa shape index (κ1) is 16.2. The molecule has 0 unspecified atom stereocenters. The summed E-state index contributed by atoms with van der Waals surface area (Å²) in [4.78, 5) is 34.8. The van der Waals surface area contributed by atoms with E-state index in [2.05, 4.69) is 5.32 Å². The molecule has 1 aliphatic rings. The number of likely N-dealkylation sites (tertiary alicyclic amines) is 1. The highest BCUT2D eigenvalue weighted by molar-refractivity contribution is 5.77. The molecule has 8 nitrogen and oxygen atoms in total. The second-order valence-electron chi connectivity index (χ2n) is 6.01. The van der Waals surface area contributed by atoms with Gasteiger partial charge in [0.2, 0.25) is 5.91 Å². The average molecular weight is 287 g/mol. The van der Waals surface area contributed by atoms with E-state index in [0.29, 0.717) is 0 Å². The van der Waals surface area contributed by atoms with Crippen molar-refractivity contribution < 1.29 is 24.2 Å². The van der Waals surface area contributed by atoms with Gasteiger partial charge in [-0.05, 0) is 20.8 Å². The number of ether oxygens (including phenoxy) is 1. The number of nitrogens with two attached hydrogens (primary N) is 1. The number of primary amides is 1. The van der Waals surface area contributed by atoms with Crippen LogP contribution in [0.15, 0.2) is 0 Å². The molecule has 0 aromatic rings. The van der Waals surface area contributed by atoms with Crippen molar-refractivity contribution in [1.82, 2.24) is 10.2 Å². The molecule has 1 aliphatic heterocycles. The zero-order valence-corrected chi connectivity index (χ0v) is 11.9. The number of carbonyl (C=O) groups excluding carboxylic acids is 2. The smallest absolute Gasteiger partial charge is 0.410 e. The molecule has 1 saturated heterocycles. The predicted octanol–water partition coefficient (Wildman–Crippen LogP) is -0.474. The summed E-state index contributed by atoms with van der Waals surface area (Å²) in [5.41, 5.74) is 3.60. The van der Waals surface area contributed by atoms with Gasteiger partial charge >= 0.3 is 12.1 Å². The standard InChI is InChI=1S/C12H21N3O5/c1-11(2,3)20-10(19)15-6-12(7-15,4-9(17)18)14-5-8(13)16/h14H,4-7H2,1-3H3,(H2,13,16)(H,17,18). The molecule has 4 N–H and O–H groups in total. The molecule has 20 heavy (non-hydrogen) atoms. The van der Waals surface area contributed by atoms with E-state index in [1.165, 1.54) is 4.90 Å². The molecule has 0 bridgehead atoms. The van der Waals surface area contributed by atoms with Crippen LogP contribution in [0.4, 0.5) is 4.79 Å². The Bertz CT molecular complexity index is 410. The molecule has 8 heteroatoms. The molecular formula is C12H21N3O5. The van der Waals surface area contributed by atoms with Crippen LogP contribution >= 0.6 is 0 Å². The van der Waals surface area contributed by atoms with Crippen molar-refractivity contribution in [2.75, 3.05) is 19.6 Å². The third-order valence-electron chi connectivity index (χ3n) is 2.77. The van der Waals surface area contributed by atoms with Crippen LogP contribution in [0, 0.1) is 0 Å². The summed E-state index contributed by atoms with van der Waals surface area (Å²) >= 11 is 0. The van der Waals surface area contributed by atoms with E-state index in [9.17, 15) is 14.4 Å². The number of nitrogens with zero attached hydrogens (tertiary/aromatic N) is 1. The highest BCUT2D eigenvalue weighted by atomic mass is 16.6. The fourth-order valence-electron chi connectivity index (χ4n) is 1.99. The Hall–Kier alpha value is -1.83. The molecule has 0 aromatic carbocycles. The normalized spacial score (nSPS) is 17.2. The Morgan fingerprint density at radius 1 is 1.35 bits per heavy atom. The van der Waals surface area contributed by atoms with E-state index < -0.39 is 29.1 Å². The third kappa shape index (κ3) is 4.69. The molecular weight excluding hydrogens is 266 g/mol. The number of amides is 2. The number of carboxylic acids is 1. The third-order valence-corrected chi connectivity index (χ3v) is 2.77. The number of aliphatic carboxylic acids is 1. The molecule has 1 rings (SSSR count). The van der Waals surface area contributed by atoms with Crippen molar-refractivity contribution >= 4 is 18.0 Å². The van der Waals surface area contributed by atoms with Gasteiger partial charge in [-0.15, -0.1) is 0 Å². The van der Waals surface area contributed by atoms with Crippen LogP contribution in [0.2, 0.25) is 0 Å². The molecule has 0 radical (unpaired) electrons. The summed E-state index contributed by atoms with van der Waals surface area (Å²) in [6.07, 6.45) is -0.695. The van der Waals surface area contributed by atoms with Crippen LogP contribution in [0.3, 0.4) is 0 Å². The maximum absolute atomic E-state index is 11.8. The summed E-state index contributed by atoms with van der Waals surface area (Å²) in [6, 6.07) is 0. The van der Waals surface area contributed by atoms with E-state index in [-0.39, 0.29) is 26.1 Å². The molecule has 0 spiro atoms. The topological polar surface area (TPSA) is 122 Å².